The van der Waals surface area contributed by atoms with E-state index in [-0.39, 0.29) is 0 Å². The Balaban J connectivity index is 0.000000594. The second-order valence-electron chi connectivity index (χ2n) is 11.2. The van der Waals surface area contributed by atoms with Crippen molar-refractivity contribution in [3.63, 3.8) is 0 Å². The van der Waals surface area contributed by atoms with Crippen LogP contribution in [0.2, 0.25) is 38.3 Å². The molecule has 0 aliphatic heterocycles. The first-order valence-corrected chi connectivity index (χ1v) is 23.4. The van der Waals surface area contributed by atoms with Crippen LogP contribution in [0.5, 0.6) is 0 Å². The first-order chi connectivity index (χ1) is 16.1. The van der Waals surface area contributed by atoms with Crippen molar-refractivity contribution in [3.8, 4) is 0 Å². The van der Waals surface area contributed by atoms with Crippen LogP contribution in [0.3, 0.4) is 0 Å². The Hall–Kier alpha value is -0.0919. The quantitative estimate of drug-likeness (QED) is 0.164. The predicted octanol–water partition coefficient (Wildman–Crippen LogP) is 9.64. The van der Waals surface area contributed by atoms with Gasteiger partial charge in [-0.1, -0.05) is 106 Å². The van der Waals surface area contributed by atoms with Crippen molar-refractivity contribution in [2.75, 3.05) is 0 Å². The first kappa shape index (κ1) is 34.9. The summed E-state index contributed by atoms with van der Waals surface area (Å²) in [7, 11) is 7.24. The molecule has 5 heteroatoms. The standard InChI is InChI=1S/2C15H25Si.2ClH.Ti/c2*1-8-9-10-16(6,7)15-13(4)11(2)12(3)14(15)5;;;/h2*8H,1,9-10H2,2-7H3;2*1H;/q2*-1;;;+2/p-2. The van der Waals surface area contributed by atoms with Crippen molar-refractivity contribution in [1.82, 2.24) is 0 Å². The number of hydrogen-bond donors (Lipinski definition) is 0. The van der Waals surface area contributed by atoms with E-state index in [4.69, 9.17) is 18.6 Å². The molecule has 2 aromatic carbocycles. The van der Waals surface area contributed by atoms with Crippen LogP contribution < -0.4 is 10.4 Å². The van der Waals surface area contributed by atoms with Gasteiger partial charge in [0, 0.05) is 0 Å². The fourth-order valence-electron chi connectivity index (χ4n) is 5.64. The van der Waals surface area contributed by atoms with E-state index in [1.807, 2.05) is 0 Å². The fourth-order valence-corrected chi connectivity index (χ4v) is 12.8. The summed E-state index contributed by atoms with van der Waals surface area (Å²) < 4.78 is 0. The van der Waals surface area contributed by atoms with Crippen molar-refractivity contribution in [2.24, 2.45) is 0 Å². The molecular weight excluding hydrogens is 535 g/mol. The third-order valence-corrected chi connectivity index (χ3v) is 15.5. The van der Waals surface area contributed by atoms with Gasteiger partial charge in [-0.05, 0) is 12.8 Å². The SMILES string of the molecule is C=CCC[Si](C)(C)c1c(C)c(C)c(C)[c-]1C.C=CCC[Si](C)(C)c1c(C)c(C)c(C)[c-]1C.[Cl][Ti][Cl]. The second kappa shape index (κ2) is 15.4. The summed E-state index contributed by atoms with van der Waals surface area (Å²) in [5, 5.41) is 3.40. The Labute approximate surface area is 237 Å². The van der Waals surface area contributed by atoms with E-state index in [0.29, 0.717) is 0 Å². The molecule has 0 bridgehead atoms. The maximum atomic E-state index is 4.89. The molecule has 0 amide bonds. The molecule has 0 atom stereocenters. The van der Waals surface area contributed by atoms with E-state index in [2.05, 4.69) is 107 Å². The summed E-state index contributed by atoms with van der Waals surface area (Å²) in [6.07, 6.45) is 6.42. The Morgan fingerprint density at radius 2 is 0.914 bits per heavy atom. The first-order valence-electron chi connectivity index (χ1n) is 12.7. The van der Waals surface area contributed by atoms with Gasteiger partial charge in [0.05, 0.1) is 16.1 Å². The molecule has 198 valence electrons. The van der Waals surface area contributed by atoms with Gasteiger partial charge in [0.2, 0.25) is 0 Å². The number of halogens is 2. The second-order valence-corrected chi connectivity index (χ2v) is 23.4. The third kappa shape index (κ3) is 9.01. The van der Waals surface area contributed by atoms with Gasteiger partial charge in [-0.25, -0.2) is 0 Å². The Kier molecular flexibility index (Phi) is 15.3. The minimum absolute atomic E-state index is 0.556. The molecule has 0 radical (unpaired) electrons. The van der Waals surface area contributed by atoms with Gasteiger partial charge in [-0.3, -0.25) is 0 Å². The summed E-state index contributed by atoms with van der Waals surface area (Å²) in [6, 6.07) is 2.64. The Bertz CT molecular complexity index is 848. The predicted molar refractivity (Wildman–Crippen MR) is 167 cm³/mol. The minimum atomic E-state index is -1.27. The van der Waals surface area contributed by atoms with Crippen LogP contribution in [0.4, 0.5) is 0 Å². The molecule has 0 aliphatic carbocycles. The van der Waals surface area contributed by atoms with Crippen molar-refractivity contribution in [2.45, 2.75) is 107 Å². The van der Waals surface area contributed by atoms with Gasteiger partial charge in [0.25, 0.3) is 0 Å². The topological polar surface area (TPSA) is 0 Å². The van der Waals surface area contributed by atoms with Gasteiger partial charge in [0.1, 0.15) is 0 Å². The van der Waals surface area contributed by atoms with E-state index in [0.717, 1.165) is 12.8 Å². The molecule has 0 unspecified atom stereocenters. The van der Waals surface area contributed by atoms with Gasteiger partial charge in [-0.15, -0.1) is 13.2 Å². The third-order valence-electron chi connectivity index (χ3n) is 8.18. The molecule has 2 aromatic rings. The normalized spacial score (nSPS) is 11.3. The number of rotatable bonds is 8. The van der Waals surface area contributed by atoms with Crippen LogP contribution in [-0.4, -0.2) is 16.1 Å². The van der Waals surface area contributed by atoms with E-state index in [1.165, 1.54) is 34.3 Å². The van der Waals surface area contributed by atoms with Gasteiger partial charge in [0.15, 0.2) is 0 Å². The average molecular weight is 586 g/mol. The van der Waals surface area contributed by atoms with E-state index in [1.54, 1.807) is 32.6 Å². The zero-order valence-electron chi connectivity index (χ0n) is 24.7. The molecule has 0 saturated carbocycles. The Morgan fingerprint density at radius 3 is 1.09 bits per heavy atom. The molecule has 0 heterocycles. The molecule has 2 rings (SSSR count). The van der Waals surface area contributed by atoms with Gasteiger partial charge >= 0.3 is 35.6 Å². The van der Waals surface area contributed by atoms with Crippen LogP contribution in [0, 0.1) is 55.4 Å². The molecule has 0 saturated heterocycles. The summed E-state index contributed by atoms with van der Waals surface area (Å²) in [5.41, 5.74) is 12.2. The van der Waals surface area contributed by atoms with Crippen LogP contribution in [0.1, 0.15) is 57.3 Å². The molecule has 0 spiro atoms. The van der Waals surface area contributed by atoms with Gasteiger partial charge < -0.3 is 0 Å². The van der Waals surface area contributed by atoms with Crippen molar-refractivity contribution < 1.29 is 17.0 Å². The summed E-state index contributed by atoms with van der Waals surface area (Å²) in [5.74, 6) is 0. The van der Waals surface area contributed by atoms with Crippen LogP contribution in [0.15, 0.2) is 25.3 Å². The maximum absolute atomic E-state index is 4.89. The van der Waals surface area contributed by atoms with Crippen molar-refractivity contribution >= 4 is 45.1 Å². The molecular formula is C30H50Cl2Si2Ti-2. The molecule has 0 nitrogen and oxygen atoms in total. The van der Waals surface area contributed by atoms with E-state index in [9.17, 15) is 0 Å². The number of hydrogen-bond acceptors (Lipinski definition) is 0. The van der Waals surface area contributed by atoms with Crippen molar-refractivity contribution in [1.29, 1.82) is 0 Å². The molecule has 35 heavy (non-hydrogen) atoms. The Morgan fingerprint density at radius 1 is 0.657 bits per heavy atom. The fraction of sp³-hybridized carbons (Fsp3) is 0.533. The van der Waals surface area contributed by atoms with Gasteiger partial charge in [-0.2, -0.15) is 54.9 Å². The van der Waals surface area contributed by atoms with Crippen molar-refractivity contribution in [3.05, 3.63) is 69.8 Å². The van der Waals surface area contributed by atoms with E-state index < -0.39 is 33.2 Å². The average Bonchev–Trinajstić information content (AvgIpc) is 3.10. The monoisotopic (exact) mass is 584 g/mol. The van der Waals surface area contributed by atoms with Crippen LogP contribution in [-0.2, 0) is 17.0 Å². The molecule has 0 aliphatic rings. The number of allylic oxidation sites excluding steroid dienone is 2. The molecule has 0 aromatic heterocycles. The summed E-state index contributed by atoms with van der Waals surface area (Å²) in [4.78, 5) is 0. The zero-order valence-corrected chi connectivity index (χ0v) is 29.7. The zero-order chi connectivity index (χ0) is 27.7. The molecule has 0 fully saturated rings. The molecule has 0 N–H and O–H groups in total. The summed E-state index contributed by atoms with van der Waals surface area (Å²) >= 11 is -0.556. The summed E-state index contributed by atoms with van der Waals surface area (Å²) in [6.45, 7) is 35.9. The van der Waals surface area contributed by atoms with E-state index >= 15 is 0 Å². The van der Waals surface area contributed by atoms with Crippen LogP contribution in [0.25, 0.3) is 0 Å². The van der Waals surface area contributed by atoms with Crippen LogP contribution >= 0.6 is 18.6 Å².